The largest absolute Gasteiger partial charge is 0.207 e. The summed E-state index contributed by atoms with van der Waals surface area (Å²) in [7, 11) is 0. The van der Waals surface area contributed by atoms with E-state index in [9.17, 15) is 4.39 Å². The number of aryl methyl sites for hydroxylation is 1. The van der Waals surface area contributed by atoms with Gasteiger partial charge in [0, 0.05) is 0 Å². The zero-order valence-electron chi connectivity index (χ0n) is 8.85. The Morgan fingerprint density at radius 3 is 2.57 bits per heavy atom. The van der Waals surface area contributed by atoms with E-state index in [0.29, 0.717) is 11.5 Å². The highest BCUT2D eigenvalue weighted by atomic mass is 35.5. The average molecular weight is 215 g/mol. The zero-order chi connectivity index (χ0) is 10.7. The van der Waals surface area contributed by atoms with E-state index in [1.54, 1.807) is 13.0 Å². The van der Waals surface area contributed by atoms with Gasteiger partial charge in [-0.2, -0.15) is 0 Å². The van der Waals surface area contributed by atoms with Crippen LogP contribution < -0.4 is 0 Å². The first-order chi connectivity index (χ1) is 6.56. The van der Waals surface area contributed by atoms with Crippen LogP contribution in [-0.4, -0.2) is 0 Å². The molecule has 0 bridgehead atoms. The summed E-state index contributed by atoms with van der Waals surface area (Å²) in [5, 5.41) is -0.0145. The Balaban J connectivity index is 2.91. The molecule has 0 N–H and O–H groups in total. The van der Waals surface area contributed by atoms with Crippen LogP contribution in [0.4, 0.5) is 4.39 Å². The van der Waals surface area contributed by atoms with Crippen molar-refractivity contribution in [1.29, 1.82) is 0 Å². The molecular weight excluding hydrogens is 199 g/mol. The molecule has 1 aromatic carbocycles. The van der Waals surface area contributed by atoms with Crippen molar-refractivity contribution < 1.29 is 4.39 Å². The molecule has 0 aliphatic rings. The lowest BCUT2D eigenvalue weighted by atomic mass is 9.97. The maximum absolute atomic E-state index is 13.0. The highest BCUT2D eigenvalue weighted by Gasteiger charge is 2.15. The molecule has 78 valence electrons. The molecule has 14 heavy (non-hydrogen) atoms. The molecule has 0 spiro atoms. The van der Waals surface area contributed by atoms with E-state index >= 15 is 0 Å². The summed E-state index contributed by atoms with van der Waals surface area (Å²) < 4.78 is 13.0. The van der Waals surface area contributed by atoms with Gasteiger partial charge in [0.1, 0.15) is 5.82 Å². The molecule has 0 radical (unpaired) electrons. The van der Waals surface area contributed by atoms with E-state index in [-0.39, 0.29) is 11.2 Å². The third-order valence-electron chi connectivity index (χ3n) is 2.64. The van der Waals surface area contributed by atoms with Crippen LogP contribution in [0.25, 0.3) is 0 Å². The molecule has 0 amide bonds. The Morgan fingerprint density at radius 1 is 1.43 bits per heavy atom. The monoisotopic (exact) mass is 214 g/mol. The molecule has 0 aromatic heterocycles. The summed E-state index contributed by atoms with van der Waals surface area (Å²) in [5.74, 6) is 0.253. The van der Waals surface area contributed by atoms with Gasteiger partial charge in [0.2, 0.25) is 0 Å². The predicted octanol–water partition coefficient (Wildman–Crippen LogP) is 4.46. The van der Waals surface area contributed by atoms with E-state index in [4.69, 9.17) is 11.6 Å². The Morgan fingerprint density at radius 2 is 2.07 bits per heavy atom. The lowest BCUT2D eigenvalue weighted by Gasteiger charge is -2.16. The van der Waals surface area contributed by atoms with E-state index < -0.39 is 0 Å². The smallest absolute Gasteiger partial charge is 0.126 e. The Hall–Kier alpha value is -0.560. The molecule has 0 saturated heterocycles. The number of rotatable bonds is 3. The van der Waals surface area contributed by atoms with Gasteiger partial charge >= 0.3 is 0 Å². The van der Waals surface area contributed by atoms with Crippen molar-refractivity contribution in [3.05, 3.63) is 35.1 Å². The van der Waals surface area contributed by atoms with Crippen molar-refractivity contribution in [3.8, 4) is 0 Å². The molecule has 0 fully saturated rings. The van der Waals surface area contributed by atoms with Crippen LogP contribution in [0, 0.1) is 18.7 Å². The summed E-state index contributed by atoms with van der Waals surface area (Å²) in [6.45, 7) is 5.98. The molecule has 1 aromatic rings. The van der Waals surface area contributed by atoms with Crippen molar-refractivity contribution in [2.75, 3.05) is 0 Å². The van der Waals surface area contributed by atoms with Crippen molar-refractivity contribution in [3.63, 3.8) is 0 Å². The summed E-state index contributed by atoms with van der Waals surface area (Å²) in [4.78, 5) is 0. The predicted molar refractivity (Wildman–Crippen MR) is 59.2 cm³/mol. The fourth-order valence-corrected chi connectivity index (χ4v) is 1.69. The van der Waals surface area contributed by atoms with E-state index in [1.807, 2.05) is 6.07 Å². The first-order valence-electron chi connectivity index (χ1n) is 4.96. The van der Waals surface area contributed by atoms with Crippen LogP contribution in [0.2, 0.25) is 0 Å². The second-order valence-electron chi connectivity index (χ2n) is 3.80. The van der Waals surface area contributed by atoms with E-state index in [0.717, 1.165) is 12.0 Å². The van der Waals surface area contributed by atoms with Gasteiger partial charge in [0.05, 0.1) is 5.38 Å². The second kappa shape index (κ2) is 4.79. The summed E-state index contributed by atoms with van der Waals surface area (Å²) in [6, 6.07) is 5.09. The summed E-state index contributed by atoms with van der Waals surface area (Å²) >= 11 is 6.26. The maximum atomic E-state index is 13.0. The van der Waals surface area contributed by atoms with Gasteiger partial charge in [0.15, 0.2) is 0 Å². The number of hydrogen-bond acceptors (Lipinski definition) is 0. The van der Waals surface area contributed by atoms with Crippen LogP contribution in [-0.2, 0) is 0 Å². The first-order valence-corrected chi connectivity index (χ1v) is 5.40. The molecule has 0 nitrogen and oxygen atoms in total. The maximum Gasteiger partial charge on any atom is 0.126 e. The number of hydrogen-bond donors (Lipinski definition) is 0. The molecule has 0 aliphatic heterocycles. The van der Waals surface area contributed by atoms with Crippen molar-refractivity contribution >= 4 is 11.6 Å². The van der Waals surface area contributed by atoms with Gasteiger partial charge < -0.3 is 0 Å². The zero-order valence-corrected chi connectivity index (χ0v) is 9.61. The van der Waals surface area contributed by atoms with E-state index in [2.05, 4.69) is 13.8 Å². The minimum atomic E-state index is -0.165. The topological polar surface area (TPSA) is 0 Å². The average Bonchev–Trinajstić information content (AvgIpc) is 2.20. The van der Waals surface area contributed by atoms with Gasteiger partial charge in [-0.1, -0.05) is 32.4 Å². The molecule has 0 heterocycles. The second-order valence-corrected chi connectivity index (χ2v) is 4.27. The van der Waals surface area contributed by atoms with E-state index in [1.165, 1.54) is 6.07 Å². The molecule has 1 rings (SSSR count). The van der Waals surface area contributed by atoms with Gasteiger partial charge in [-0.25, -0.2) is 4.39 Å². The van der Waals surface area contributed by atoms with Crippen molar-refractivity contribution in [1.82, 2.24) is 0 Å². The molecule has 2 unspecified atom stereocenters. The highest BCUT2D eigenvalue weighted by Crippen LogP contribution is 2.31. The quantitative estimate of drug-likeness (QED) is 0.652. The number of benzene rings is 1. The molecule has 2 atom stereocenters. The minimum Gasteiger partial charge on any atom is -0.207 e. The Labute approximate surface area is 90.1 Å². The van der Waals surface area contributed by atoms with Crippen molar-refractivity contribution in [2.45, 2.75) is 32.6 Å². The molecule has 0 aliphatic carbocycles. The third-order valence-corrected chi connectivity index (χ3v) is 3.33. The minimum absolute atomic E-state index is 0.0145. The highest BCUT2D eigenvalue weighted by molar-refractivity contribution is 6.21. The number of halogens is 2. The van der Waals surface area contributed by atoms with Crippen LogP contribution >= 0.6 is 11.6 Å². The summed E-state index contributed by atoms with van der Waals surface area (Å²) in [6.07, 6.45) is 1.03. The van der Waals surface area contributed by atoms with Crippen LogP contribution in [0.5, 0.6) is 0 Å². The van der Waals surface area contributed by atoms with Gasteiger partial charge in [-0.05, 0) is 30.0 Å². The normalized spacial score (nSPS) is 15.2. The third kappa shape index (κ3) is 2.48. The first kappa shape index (κ1) is 11.5. The Bertz CT molecular complexity index is 309. The molecule has 2 heteroatoms. The van der Waals surface area contributed by atoms with Gasteiger partial charge in [-0.3, -0.25) is 0 Å². The van der Waals surface area contributed by atoms with Gasteiger partial charge in [0.25, 0.3) is 0 Å². The van der Waals surface area contributed by atoms with Gasteiger partial charge in [-0.15, -0.1) is 11.6 Å². The lowest BCUT2D eigenvalue weighted by molar-refractivity contribution is 0.540. The SMILES string of the molecule is CCC(C)C(Cl)c1ccc(F)c(C)c1. The lowest BCUT2D eigenvalue weighted by Crippen LogP contribution is -2.03. The fourth-order valence-electron chi connectivity index (χ4n) is 1.37. The Kier molecular flexibility index (Phi) is 3.94. The summed E-state index contributed by atoms with van der Waals surface area (Å²) in [5.41, 5.74) is 1.68. The van der Waals surface area contributed by atoms with Crippen LogP contribution in [0.1, 0.15) is 36.8 Å². The number of alkyl halides is 1. The van der Waals surface area contributed by atoms with Crippen molar-refractivity contribution in [2.24, 2.45) is 5.92 Å². The van der Waals surface area contributed by atoms with Crippen LogP contribution in [0.3, 0.4) is 0 Å². The fraction of sp³-hybridized carbons (Fsp3) is 0.500. The van der Waals surface area contributed by atoms with Crippen LogP contribution in [0.15, 0.2) is 18.2 Å². The molecule has 0 saturated carbocycles. The standard InChI is InChI=1S/C12H16ClF/c1-4-8(2)12(13)10-5-6-11(14)9(3)7-10/h5-8,12H,4H2,1-3H3. The molecular formula is C12H16ClF.